The Labute approximate surface area is 152 Å². The molecule has 0 amide bonds. The summed E-state index contributed by atoms with van der Waals surface area (Å²) in [7, 11) is 1.25. The van der Waals surface area contributed by atoms with Crippen LogP contribution in [0.3, 0.4) is 0 Å². The number of hydrogen-bond donors (Lipinski definition) is 1. The van der Waals surface area contributed by atoms with Gasteiger partial charge in [-0.3, -0.25) is 4.98 Å². The van der Waals surface area contributed by atoms with E-state index in [1.54, 1.807) is 0 Å². The number of rotatable bonds is 5. The Bertz CT molecular complexity index is 660. The van der Waals surface area contributed by atoms with E-state index in [-0.39, 0.29) is 55.0 Å². The molecule has 0 aliphatic heterocycles. The molecule has 1 aromatic heterocycles. The predicted octanol–water partition coefficient (Wildman–Crippen LogP) is 2.28. The molecule has 2 rings (SSSR count). The van der Waals surface area contributed by atoms with E-state index in [0.717, 1.165) is 5.56 Å². The van der Waals surface area contributed by atoms with Gasteiger partial charge in [0.1, 0.15) is 5.69 Å². The molecule has 1 aromatic carbocycles. The fraction of sp³-hybridized carbons (Fsp3) is 0.125. The maximum Gasteiger partial charge on any atom is 2.00 e. The van der Waals surface area contributed by atoms with Crippen molar-refractivity contribution < 1.29 is 45.4 Å². The molecule has 0 saturated carbocycles. The minimum atomic E-state index is -0.651. The van der Waals surface area contributed by atoms with Gasteiger partial charge in [-0.2, -0.15) is 0 Å². The van der Waals surface area contributed by atoms with Gasteiger partial charge in [0.25, 0.3) is 0 Å². The van der Waals surface area contributed by atoms with E-state index in [4.69, 9.17) is 17.0 Å². The first-order valence-electron chi connectivity index (χ1n) is 6.18. The zero-order chi connectivity index (χ0) is 15.2. The van der Waals surface area contributed by atoms with Gasteiger partial charge in [-0.25, -0.2) is 10.9 Å². The van der Waals surface area contributed by atoms with E-state index in [2.05, 4.69) is 15.8 Å². The van der Waals surface area contributed by atoms with E-state index in [1.807, 2.05) is 30.3 Å². The summed E-state index contributed by atoms with van der Waals surface area (Å²) in [4.78, 5) is 15.7. The van der Waals surface area contributed by atoms with Gasteiger partial charge in [0.15, 0.2) is 0 Å². The maximum absolute atomic E-state index is 11.8. The summed E-state index contributed by atoms with van der Waals surface area (Å²) in [6.45, 7) is 5.78. The van der Waals surface area contributed by atoms with Gasteiger partial charge in [0, 0.05) is 5.82 Å². The number of carbonyl (C=O) groups excluding carboxylic acids is 1. The second kappa shape index (κ2) is 8.62. The second-order valence-electron chi connectivity index (χ2n) is 4.15. The first kappa shape index (κ1) is 18.3. The summed E-state index contributed by atoms with van der Waals surface area (Å²) < 4.78 is 10.3. The predicted molar refractivity (Wildman–Crippen MR) is 78.4 cm³/mol. The van der Waals surface area contributed by atoms with Gasteiger partial charge in [0.05, 0.1) is 13.7 Å². The average molecular weight is 520 g/mol. The van der Waals surface area contributed by atoms with Gasteiger partial charge in [-0.05, 0) is 11.3 Å². The van der Waals surface area contributed by atoms with Crippen molar-refractivity contribution in [2.75, 3.05) is 12.8 Å². The molecular weight excluding hydrogens is 506 g/mol. The average Bonchev–Trinajstić information content (AvgIpc) is 2.53. The van der Waals surface area contributed by atoms with E-state index in [1.165, 1.54) is 13.2 Å². The van der Waals surface area contributed by atoms with Gasteiger partial charge in [0.2, 0.25) is 0 Å². The summed E-state index contributed by atoms with van der Waals surface area (Å²) in [6.07, 6.45) is 1.25. The molecule has 0 radical (unpaired) electrons. The number of esters is 1. The maximum atomic E-state index is 11.8. The minimum absolute atomic E-state index is 0. The minimum Gasteiger partial charge on any atom is -0.562 e. The number of aromatic nitrogens is 1. The first-order chi connectivity index (χ1) is 10.2. The Kier molecular flexibility index (Phi) is 7.16. The van der Waals surface area contributed by atoms with Crippen molar-refractivity contribution in [3.63, 3.8) is 0 Å². The van der Waals surface area contributed by atoms with Crippen molar-refractivity contribution in [2.45, 2.75) is 6.61 Å². The van der Waals surface area contributed by atoms with E-state index in [0.29, 0.717) is 5.56 Å². The molecule has 0 bridgehead atoms. The van der Waals surface area contributed by atoms with Gasteiger partial charge in [-0.1, -0.05) is 30.3 Å². The standard InChI is InChI=1S/C16H14N2O3.U/c1-3-12-9-13(17)18-14(16(19)20-2)15(12)21-10-11-7-5-4-6-8-11;/h1,3-8H,10H2,2H3,(H2,17,18);/q-2;+2. The Hall–Kier alpha value is -1.77. The monoisotopic (exact) mass is 520 g/mol. The molecule has 0 aliphatic carbocycles. The van der Waals surface area contributed by atoms with Crippen LogP contribution in [-0.2, 0) is 11.3 Å². The molecule has 0 unspecified atom stereocenters. The quantitative estimate of drug-likeness (QED) is 0.484. The van der Waals surface area contributed by atoms with Crippen LogP contribution >= 0.6 is 0 Å². The van der Waals surface area contributed by atoms with Crippen molar-refractivity contribution >= 4 is 17.9 Å². The van der Waals surface area contributed by atoms with Crippen LogP contribution in [0.4, 0.5) is 5.82 Å². The van der Waals surface area contributed by atoms with Crippen molar-refractivity contribution in [3.8, 4) is 5.75 Å². The van der Waals surface area contributed by atoms with Crippen molar-refractivity contribution in [2.24, 2.45) is 0 Å². The number of ether oxygens (including phenoxy) is 2. The fourth-order valence-corrected chi connectivity index (χ4v) is 1.75. The van der Waals surface area contributed by atoms with Crippen LogP contribution in [-0.4, -0.2) is 18.1 Å². The molecule has 0 fully saturated rings. The number of benzene rings is 1. The fourth-order valence-electron chi connectivity index (χ4n) is 1.75. The molecular formula is C16H14N2O3U. The first-order valence-corrected chi connectivity index (χ1v) is 6.18. The summed E-state index contributed by atoms with van der Waals surface area (Å²) in [5.74, 6) is -0.413. The zero-order valence-corrected chi connectivity index (χ0v) is 16.2. The number of carbonyl (C=O) groups is 1. The molecule has 22 heavy (non-hydrogen) atoms. The second-order valence-corrected chi connectivity index (χ2v) is 4.15. The molecule has 2 N–H and O–H groups in total. The SMILES string of the molecule is [CH-]=Cc1[c-]c(N)nc(C(=O)OC)c1OCc1ccccc1.[U+2]. The number of nitrogen functional groups attached to an aromatic ring is 1. The summed E-state index contributed by atoms with van der Waals surface area (Å²) in [5.41, 5.74) is 6.87. The Balaban J connectivity index is 0.00000242. The van der Waals surface area contributed by atoms with E-state index < -0.39 is 5.97 Å². The van der Waals surface area contributed by atoms with Crippen LogP contribution in [0.1, 0.15) is 21.6 Å². The van der Waals surface area contributed by atoms with Gasteiger partial charge < -0.3 is 33.4 Å². The Morgan fingerprint density at radius 3 is 2.68 bits per heavy atom. The summed E-state index contributed by atoms with van der Waals surface area (Å²) in [6, 6.07) is 12.2. The number of methoxy groups -OCH3 is 1. The van der Waals surface area contributed by atoms with Crippen LogP contribution in [0.5, 0.6) is 5.75 Å². The van der Waals surface area contributed by atoms with Crippen LogP contribution in [0.2, 0.25) is 0 Å². The zero-order valence-electron chi connectivity index (χ0n) is 12.0. The molecule has 0 saturated heterocycles. The van der Waals surface area contributed by atoms with Crippen LogP contribution in [0, 0.1) is 43.8 Å². The number of nitrogens with two attached hydrogens (primary N) is 1. The molecule has 0 spiro atoms. The van der Waals surface area contributed by atoms with Crippen LogP contribution < -0.4 is 10.5 Å². The third kappa shape index (κ3) is 4.36. The number of nitrogens with zero attached hydrogens (tertiary/aromatic N) is 1. The number of pyridine rings is 1. The normalized spacial score (nSPS) is 9.50. The van der Waals surface area contributed by atoms with E-state index >= 15 is 0 Å². The van der Waals surface area contributed by atoms with Crippen molar-refractivity contribution in [3.05, 3.63) is 59.8 Å². The topological polar surface area (TPSA) is 74.4 Å². The molecule has 2 aromatic rings. The molecule has 110 valence electrons. The van der Waals surface area contributed by atoms with Crippen LogP contribution in [0.25, 0.3) is 6.08 Å². The Morgan fingerprint density at radius 1 is 1.41 bits per heavy atom. The summed E-state index contributed by atoms with van der Waals surface area (Å²) in [5, 5.41) is 0. The largest absolute Gasteiger partial charge is 2.00 e. The Morgan fingerprint density at radius 2 is 2.09 bits per heavy atom. The van der Waals surface area contributed by atoms with E-state index in [9.17, 15) is 4.79 Å². The van der Waals surface area contributed by atoms with Crippen molar-refractivity contribution in [1.29, 1.82) is 0 Å². The molecule has 0 aliphatic rings. The smallest absolute Gasteiger partial charge is 0.562 e. The third-order valence-corrected chi connectivity index (χ3v) is 2.73. The molecule has 5 nitrogen and oxygen atoms in total. The molecule has 0 atom stereocenters. The van der Waals surface area contributed by atoms with Crippen LogP contribution in [0.15, 0.2) is 30.3 Å². The van der Waals surface area contributed by atoms with Gasteiger partial charge in [-0.15, -0.1) is 0 Å². The molecule has 1 heterocycles. The van der Waals surface area contributed by atoms with Gasteiger partial charge >= 0.3 is 37.1 Å². The van der Waals surface area contributed by atoms with Crippen molar-refractivity contribution in [1.82, 2.24) is 4.98 Å². The number of hydrogen-bond acceptors (Lipinski definition) is 5. The summed E-state index contributed by atoms with van der Waals surface area (Å²) >= 11 is 0. The number of anilines is 1. The third-order valence-electron chi connectivity index (χ3n) is 2.73. The molecule has 6 heteroatoms.